The largest absolute Gasteiger partial charge is 0.383 e. The number of hydrogen-bond acceptors (Lipinski definition) is 3. The van der Waals surface area contributed by atoms with Crippen LogP contribution in [0.3, 0.4) is 0 Å². The quantitative estimate of drug-likeness (QED) is 0.862. The van der Waals surface area contributed by atoms with Gasteiger partial charge in [-0.05, 0) is 43.0 Å². The van der Waals surface area contributed by atoms with Crippen molar-refractivity contribution in [2.24, 2.45) is 0 Å². The first-order chi connectivity index (χ1) is 12.2. The van der Waals surface area contributed by atoms with Crippen molar-refractivity contribution in [1.82, 2.24) is 9.88 Å². The Balaban J connectivity index is 1.58. The fraction of sp³-hybridized carbons (Fsp3) is 0.400. The van der Waals surface area contributed by atoms with Crippen molar-refractivity contribution in [3.05, 3.63) is 58.9 Å². The standard InChI is InChI=1S/C20H24ClN3O/c21-18-7-5-6-16(12-18)8-9-23-19-13-17(14-22-15-19)20(25)24-10-3-1-2-4-11-24/h5-7,12-15,23H,1-4,8-11H2. The van der Waals surface area contributed by atoms with E-state index in [0.717, 1.165) is 49.6 Å². The van der Waals surface area contributed by atoms with Crippen LogP contribution in [-0.2, 0) is 6.42 Å². The van der Waals surface area contributed by atoms with Gasteiger partial charge in [0.15, 0.2) is 0 Å². The van der Waals surface area contributed by atoms with Crippen LogP contribution in [0.5, 0.6) is 0 Å². The number of carbonyl (C=O) groups excluding carboxylic acids is 1. The molecule has 0 atom stereocenters. The predicted octanol–water partition coefficient (Wildman–Crippen LogP) is 4.41. The molecule has 5 heteroatoms. The van der Waals surface area contributed by atoms with Gasteiger partial charge in [0.25, 0.3) is 5.91 Å². The van der Waals surface area contributed by atoms with Crippen molar-refractivity contribution in [2.45, 2.75) is 32.1 Å². The van der Waals surface area contributed by atoms with Gasteiger partial charge in [0, 0.05) is 37.1 Å². The first-order valence-electron chi connectivity index (χ1n) is 8.95. The van der Waals surface area contributed by atoms with Crippen molar-refractivity contribution in [1.29, 1.82) is 0 Å². The van der Waals surface area contributed by atoms with Crippen LogP contribution in [0.25, 0.3) is 0 Å². The highest BCUT2D eigenvalue weighted by molar-refractivity contribution is 6.30. The molecule has 0 spiro atoms. The Morgan fingerprint density at radius 1 is 1.12 bits per heavy atom. The second-order valence-electron chi connectivity index (χ2n) is 6.48. The molecular weight excluding hydrogens is 334 g/mol. The van der Waals surface area contributed by atoms with E-state index in [0.29, 0.717) is 5.56 Å². The van der Waals surface area contributed by atoms with Gasteiger partial charge in [-0.15, -0.1) is 0 Å². The average Bonchev–Trinajstić information content (AvgIpc) is 2.91. The number of likely N-dealkylation sites (tertiary alicyclic amines) is 1. The number of rotatable bonds is 5. The predicted molar refractivity (Wildman–Crippen MR) is 102 cm³/mol. The number of anilines is 1. The number of benzene rings is 1. The Hall–Kier alpha value is -2.07. The van der Waals surface area contributed by atoms with Crippen molar-refractivity contribution in [3.63, 3.8) is 0 Å². The molecule has 1 amide bonds. The SMILES string of the molecule is O=C(c1cncc(NCCc2cccc(Cl)c2)c1)N1CCCCCC1. The first-order valence-corrected chi connectivity index (χ1v) is 9.33. The molecule has 1 aromatic heterocycles. The summed E-state index contributed by atoms with van der Waals surface area (Å²) in [4.78, 5) is 18.9. The van der Waals surface area contributed by atoms with Crippen LogP contribution >= 0.6 is 11.6 Å². The van der Waals surface area contributed by atoms with Gasteiger partial charge in [0.1, 0.15) is 0 Å². The van der Waals surface area contributed by atoms with Gasteiger partial charge in [-0.25, -0.2) is 0 Å². The van der Waals surface area contributed by atoms with Crippen LogP contribution in [0.1, 0.15) is 41.6 Å². The number of nitrogens with zero attached hydrogens (tertiary/aromatic N) is 2. The van der Waals surface area contributed by atoms with Crippen LogP contribution in [0.4, 0.5) is 5.69 Å². The maximum Gasteiger partial charge on any atom is 0.255 e. The van der Waals surface area contributed by atoms with Gasteiger partial charge >= 0.3 is 0 Å². The molecule has 0 bridgehead atoms. The summed E-state index contributed by atoms with van der Waals surface area (Å²) >= 11 is 6.01. The van der Waals surface area contributed by atoms with E-state index in [1.807, 2.05) is 29.2 Å². The fourth-order valence-corrected chi connectivity index (χ4v) is 3.37. The van der Waals surface area contributed by atoms with Crippen LogP contribution < -0.4 is 5.32 Å². The molecule has 1 saturated heterocycles. The molecule has 1 fully saturated rings. The normalized spacial score (nSPS) is 14.8. The fourth-order valence-electron chi connectivity index (χ4n) is 3.15. The van der Waals surface area contributed by atoms with Crippen molar-refractivity contribution in [3.8, 4) is 0 Å². The lowest BCUT2D eigenvalue weighted by molar-refractivity contribution is 0.0761. The van der Waals surface area contributed by atoms with Crippen molar-refractivity contribution >= 4 is 23.2 Å². The Bertz CT molecular complexity index is 712. The Labute approximate surface area is 154 Å². The zero-order chi connectivity index (χ0) is 17.5. The lowest BCUT2D eigenvalue weighted by Gasteiger charge is -2.20. The van der Waals surface area contributed by atoms with E-state index >= 15 is 0 Å². The number of hydrogen-bond donors (Lipinski definition) is 1. The zero-order valence-electron chi connectivity index (χ0n) is 14.4. The lowest BCUT2D eigenvalue weighted by atomic mass is 10.1. The summed E-state index contributed by atoms with van der Waals surface area (Å²) in [5.41, 5.74) is 2.72. The molecule has 0 saturated carbocycles. The van der Waals surface area contributed by atoms with E-state index in [1.54, 1.807) is 12.4 Å². The number of pyridine rings is 1. The minimum absolute atomic E-state index is 0.0906. The molecule has 2 heterocycles. The number of halogens is 1. The maximum absolute atomic E-state index is 12.7. The van der Waals surface area contributed by atoms with Crippen molar-refractivity contribution < 1.29 is 4.79 Å². The van der Waals surface area contributed by atoms with E-state index in [4.69, 9.17) is 11.6 Å². The minimum atomic E-state index is 0.0906. The molecule has 0 aliphatic carbocycles. The molecule has 0 radical (unpaired) electrons. The second kappa shape index (κ2) is 8.86. The molecule has 1 aromatic carbocycles. The summed E-state index contributed by atoms with van der Waals surface area (Å²) in [5.74, 6) is 0.0906. The van der Waals surface area contributed by atoms with Crippen LogP contribution in [-0.4, -0.2) is 35.4 Å². The van der Waals surface area contributed by atoms with E-state index < -0.39 is 0 Å². The molecule has 0 unspecified atom stereocenters. The molecule has 2 aromatic rings. The third kappa shape index (κ3) is 5.20. The van der Waals surface area contributed by atoms with Gasteiger partial charge in [0.2, 0.25) is 0 Å². The monoisotopic (exact) mass is 357 g/mol. The topological polar surface area (TPSA) is 45.2 Å². The summed E-state index contributed by atoms with van der Waals surface area (Å²) in [6.45, 7) is 2.47. The molecule has 1 aliphatic heterocycles. The van der Waals surface area contributed by atoms with Gasteiger partial charge < -0.3 is 10.2 Å². The molecular formula is C20H24ClN3O. The van der Waals surface area contributed by atoms with E-state index in [9.17, 15) is 4.79 Å². The number of carbonyl (C=O) groups is 1. The summed E-state index contributed by atoms with van der Waals surface area (Å²) in [5, 5.41) is 4.10. The molecule has 1 N–H and O–H groups in total. The third-order valence-electron chi connectivity index (χ3n) is 4.51. The zero-order valence-corrected chi connectivity index (χ0v) is 15.1. The molecule has 132 valence electrons. The maximum atomic E-state index is 12.7. The summed E-state index contributed by atoms with van der Waals surface area (Å²) in [6, 6.07) is 9.77. The summed E-state index contributed by atoms with van der Waals surface area (Å²) in [6.07, 6.45) is 8.91. The van der Waals surface area contributed by atoms with E-state index in [1.165, 1.54) is 18.4 Å². The van der Waals surface area contributed by atoms with Crippen molar-refractivity contribution in [2.75, 3.05) is 25.0 Å². The molecule has 3 rings (SSSR count). The molecule has 4 nitrogen and oxygen atoms in total. The Morgan fingerprint density at radius 2 is 1.92 bits per heavy atom. The second-order valence-corrected chi connectivity index (χ2v) is 6.91. The van der Waals surface area contributed by atoms with Crippen LogP contribution in [0.2, 0.25) is 5.02 Å². The Kier molecular flexibility index (Phi) is 6.29. The molecule has 25 heavy (non-hydrogen) atoms. The smallest absolute Gasteiger partial charge is 0.255 e. The minimum Gasteiger partial charge on any atom is -0.383 e. The average molecular weight is 358 g/mol. The highest BCUT2D eigenvalue weighted by Crippen LogP contribution is 2.16. The van der Waals surface area contributed by atoms with E-state index in [2.05, 4.69) is 16.4 Å². The number of nitrogens with one attached hydrogen (secondary N) is 1. The summed E-state index contributed by atoms with van der Waals surface area (Å²) < 4.78 is 0. The summed E-state index contributed by atoms with van der Waals surface area (Å²) in [7, 11) is 0. The Morgan fingerprint density at radius 3 is 2.68 bits per heavy atom. The van der Waals surface area contributed by atoms with Crippen LogP contribution in [0, 0.1) is 0 Å². The number of aromatic nitrogens is 1. The number of amides is 1. The van der Waals surface area contributed by atoms with Gasteiger partial charge in [-0.1, -0.05) is 36.6 Å². The van der Waals surface area contributed by atoms with Gasteiger partial charge in [0.05, 0.1) is 11.3 Å². The van der Waals surface area contributed by atoms with Gasteiger partial charge in [-0.3, -0.25) is 9.78 Å². The van der Waals surface area contributed by atoms with E-state index in [-0.39, 0.29) is 5.91 Å². The lowest BCUT2D eigenvalue weighted by Crippen LogP contribution is -2.31. The highest BCUT2D eigenvalue weighted by atomic mass is 35.5. The highest BCUT2D eigenvalue weighted by Gasteiger charge is 2.17. The van der Waals surface area contributed by atoms with Gasteiger partial charge in [-0.2, -0.15) is 0 Å². The molecule has 1 aliphatic rings. The third-order valence-corrected chi connectivity index (χ3v) is 4.75. The first kappa shape index (κ1) is 17.7. The van der Waals surface area contributed by atoms with Crippen LogP contribution in [0.15, 0.2) is 42.7 Å².